The van der Waals surface area contributed by atoms with Crippen molar-refractivity contribution in [3.63, 3.8) is 0 Å². The monoisotopic (exact) mass is 287 g/mol. The van der Waals surface area contributed by atoms with Crippen molar-refractivity contribution in [2.24, 2.45) is 5.73 Å². The third-order valence-corrected chi connectivity index (χ3v) is 3.52. The summed E-state index contributed by atoms with van der Waals surface area (Å²) in [5, 5.41) is 0. The maximum atomic E-state index is 14.0. The van der Waals surface area contributed by atoms with E-state index in [1.54, 1.807) is 6.07 Å². The highest BCUT2D eigenvalue weighted by Gasteiger charge is 2.12. The van der Waals surface area contributed by atoms with Crippen molar-refractivity contribution in [1.82, 2.24) is 0 Å². The summed E-state index contributed by atoms with van der Waals surface area (Å²) < 4.78 is 19.7. The van der Waals surface area contributed by atoms with Gasteiger partial charge in [0.25, 0.3) is 0 Å². The first kappa shape index (κ1) is 15.5. The quantitative estimate of drug-likeness (QED) is 0.871. The predicted molar refractivity (Wildman–Crippen MR) is 83.9 cm³/mol. The van der Waals surface area contributed by atoms with Crippen molar-refractivity contribution < 1.29 is 9.13 Å². The molecule has 0 saturated carbocycles. The van der Waals surface area contributed by atoms with Gasteiger partial charge in [-0.25, -0.2) is 4.39 Å². The van der Waals surface area contributed by atoms with Crippen LogP contribution in [0.4, 0.5) is 4.39 Å². The minimum absolute atomic E-state index is 0.0214. The molecule has 0 aliphatic carbocycles. The lowest BCUT2D eigenvalue weighted by molar-refractivity contribution is 0.286. The molecule has 3 heteroatoms. The Morgan fingerprint density at radius 1 is 1.19 bits per heavy atom. The van der Waals surface area contributed by atoms with Gasteiger partial charge in [0, 0.05) is 6.04 Å². The number of hydrogen-bond donors (Lipinski definition) is 1. The lowest BCUT2D eigenvalue weighted by atomic mass is 10.0. The van der Waals surface area contributed by atoms with E-state index in [0.29, 0.717) is 18.8 Å². The molecule has 2 rings (SSSR count). The van der Waals surface area contributed by atoms with E-state index in [4.69, 9.17) is 10.5 Å². The van der Waals surface area contributed by atoms with E-state index in [9.17, 15) is 4.39 Å². The van der Waals surface area contributed by atoms with E-state index < -0.39 is 0 Å². The van der Waals surface area contributed by atoms with Crippen molar-refractivity contribution in [2.45, 2.75) is 39.3 Å². The van der Waals surface area contributed by atoms with E-state index in [2.05, 4.69) is 0 Å². The first-order valence-electron chi connectivity index (χ1n) is 7.31. The fourth-order valence-corrected chi connectivity index (χ4v) is 2.26. The van der Waals surface area contributed by atoms with Crippen LogP contribution in [0.5, 0.6) is 5.75 Å². The topological polar surface area (TPSA) is 35.2 Å². The molecule has 0 spiro atoms. The summed E-state index contributed by atoms with van der Waals surface area (Å²) in [4.78, 5) is 0. The second-order valence-corrected chi connectivity index (χ2v) is 5.38. The van der Waals surface area contributed by atoms with Gasteiger partial charge in [0.15, 0.2) is 11.6 Å². The molecule has 0 fully saturated rings. The summed E-state index contributed by atoms with van der Waals surface area (Å²) in [6, 6.07) is 13.0. The number of rotatable bonds is 6. The number of aryl methyl sites for hydroxylation is 1. The molecule has 0 heterocycles. The van der Waals surface area contributed by atoms with Gasteiger partial charge in [0.05, 0.1) is 0 Å². The van der Waals surface area contributed by atoms with Gasteiger partial charge in [-0.2, -0.15) is 0 Å². The highest BCUT2D eigenvalue weighted by atomic mass is 19.1. The van der Waals surface area contributed by atoms with E-state index in [1.807, 2.05) is 44.2 Å². The number of halogens is 1. The first-order valence-corrected chi connectivity index (χ1v) is 7.31. The zero-order valence-corrected chi connectivity index (χ0v) is 12.6. The SMILES string of the molecule is CCC(N)Cc1cccc(F)c1OCc1cccc(C)c1. The van der Waals surface area contributed by atoms with Crippen LogP contribution in [-0.4, -0.2) is 6.04 Å². The van der Waals surface area contributed by atoms with Gasteiger partial charge in [0.1, 0.15) is 6.61 Å². The van der Waals surface area contributed by atoms with Crippen molar-refractivity contribution in [3.8, 4) is 5.75 Å². The first-order chi connectivity index (χ1) is 10.1. The highest BCUT2D eigenvalue weighted by Crippen LogP contribution is 2.25. The Bertz CT molecular complexity index is 598. The van der Waals surface area contributed by atoms with Gasteiger partial charge in [0.2, 0.25) is 0 Å². The Morgan fingerprint density at radius 3 is 2.67 bits per heavy atom. The molecule has 0 amide bonds. The summed E-state index contributed by atoms with van der Waals surface area (Å²) in [6.07, 6.45) is 1.48. The van der Waals surface area contributed by atoms with Crippen LogP contribution in [0.2, 0.25) is 0 Å². The highest BCUT2D eigenvalue weighted by molar-refractivity contribution is 5.36. The molecule has 0 aliphatic heterocycles. The fraction of sp³-hybridized carbons (Fsp3) is 0.333. The van der Waals surface area contributed by atoms with Crippen LogP contribution in [0.3, 0.4) is 0 Å². The number of para-hydroxylation sites is 1. The van der Waals surface area contributed by atoms with E-state index >= 15 is 0 Å². The minimum Gasteiger partial charge on any atom is -0.486 e. The Labute approximate surface area is 125 Å². The molecule has 0 aromatic heterocycles. The van der Waals surface area contributed by atoms with Crippen LogP contribution >= 0.6 is 0 Å². The standard InChI is InChI=1S/C18H22FNO/c1-3-16(20)11-15-8-5-9-17(19)18(15)21-12-14-7-4-6-13(2)10-14/h4-10,16H,3,11-12,20H2,1-2H3. The summed E-state index contributed by atoms with van der Waals surface area (Å²) in [5.74, 6) is -0.00800. The van der Waals surface area contributed by atoms with Crippen LogP contribution in [0.25, 0.3) is 0 Å². The molecular formula is C18H22FNO. The molecule has 2 aromatic rings. The van der Waals surface area contributed by atoms with Crippen molar-refractivity contribution in [3.05, 3.63) is 65.0 Å². The minimum atomic E-state index is -0.330. The van der Waals surface area contributed by atoms with Crippen LogP contribution in [0.1, 0.15) is 30.0 Å². The summed E-state index contributed by atoms with van der Waals surface area (Å²) >= 11 is 0. The zero-order valence-electron chi connectivity index (χ0n) is 12.6. The third-order valence-electron chi connectivity index (χ3n) is 3.52. The number of ether oxygens (including phenoxy) is 1. The largest absolute Gasteiger partial charge is 0.486 e. The van der Waals surface area contributed by atoms with Gasteiger partial charge in [-0.05, 0) is 37.0 Å². The summed E-state index contributed by atoms with van der Waals surface area (Å²) in [5.41, 5.74) is 9.00. The predicted octanol–water partition coefficient (Wildman–Crippen LogP) is 3.99. The van der Waals surface area contributed by atoms with Crippen LogP contribution in [0.15, 0.2) is 42.5 Å². The molecule has 2 nitrogen and oxygen atoms in total. The van der Waals surface area contributed by atoms with Gasteiger partial charge < -0.3 is 10.5 Å². The Kier molecular flexibility index (Phi) is 5.34. The average molecular weight is 287 g/mol. The van der Waals surface area contributed by atoms with Crippen molar-refractivity contribution in [1.29, 1.82) is 0 Å². The van der Waals surface area contributed by atoms with E-state index in [-0.39, 0.29) is 11.9 Å². The molecule has 0 aliphatic rings. The zero-order chi connectivity index (χ0) is 15.2. The van der Waals surface area contributed by atoms with Crippen LogP contribution in [-0.2, 0) is 13.0 Å². The molecule has 21 heavy (non-hydrogen) atoms. The Balaban J connectivity index is 2.15. The molecule has 0 bridgehead atoms. The molecule has 1 atom stereocenters. The molecular weight excluding hydrogens is 265 g/mol. The number of hydrogen-bond acceptors (Lipinski definition) is 2. The average Bonchev–Trinajstić information content (AvgIpc) is 2.46. The normalized spacial score (nSPS) is 12.2. The molecule has 2 N–H and O–H groups in total. The van der Waals surface area contributed by atoms with Crippen LogP contribution < -0.4 is 10.5 Å². The third kappa shape index (κ3) is 4.30. The van der Waals surface area contributed by atoms with E-state index in [0.717, 1.165) is 23.1 Å². The van der Waals surface area contributed by atoms with Crippen molar-refractivity contribution >= 4 is 0 Å². The second kappa shape index (κ2) is 7.23. The fourth-order valence-electron chi connectivity index (χ4n) is 2.26. The van der Waals surface area contributed by atoms with Gasteiger partial charge in [-0.15, -0.1) is 0 Å². The molecule has 0 saturated heterocycles. The van der Waals surface area contributed by atoms with E-state index in [1.165, 1.54) is 6.07 Å². The Morgan fingerprint density at radius 2 is 1.95 bits per heavy atom. The summed E-state index contributed by atoms with van der Waals surface area (Å²) in [7, 11) is 0. The Hall–Kier alpha value is -1.87. The number of benzene rings is 2. The molecule has 0 radical (unpaired) electrons. The smallest absolute Gasteiger partial charge is 0.165 e. The van der Waals surface area contributed by atoms with Crippen LogP contribution in [0, 0.1) is 12.7 Å². The number of nitrogens with two attached hydrogens (primary N) is 1. The van der Waals surface area contributed by atoms with Gasteiger partial charge in [-0.3, -0.25) is 0 Å². The lowest BCUT2D eigenvalue weighted by Crippen LogP contribution is -2.22. The summed E-state index contributed by atoms with van der Waals surface area (Å²) in [6.45, 7) is 4.41. The lowest BCUT2D eigenvalue weighted by Gasteiger charge is -2.15. The second-order valence-electron chi connectivity index (χ2n) is 5.38. The molecule has 1 unspecified atom stereocenters. The maximum Gasteiger partial charge on any atom is 0.165 e. The molecule has 112 valence electrons. The maximum absolute atomic E-state index is 14.0. The molecule has 2 aromatic carbocycles. The van der Waals surface area contributed by atoms with Gasteiger partial charge >= 0.3 is 0 Å². The van der Waals surface area contributed by atoms with Gasteiger partial charge in [-0.1, -0.05) is 48.9 Å². The van der Waals surface area contributed by atoms with Crippen molar-refractivity contribution in [2.75, 3.05) is 0 Å².